The van der Waals surface area contributed by atoms with E-state index in [1.165, 1.54) is 25.8 Å². The quantitative estimate of drug-likeness (QED) is 0.832. The molecular formula is C17H24N2O2. The van der Waals surface area contributed by atoms with Gasteiger partial charge in [0.25, 0.3) is 0 Å². The molecule has 0 aromatic carbocycles. The maximum absolute atomic E-state index is 6.14. The molecule has 4 rings (SSSR count). The molecule has 0 radical (unpaired) electrons. The van der Waals surface area contributed by atoms with Gasteiger partial charge in [0.2, 0.25) is 0 Å². The summed E-state index contributed by atoms with van der Waals surface area (Å²) in [6, 6.07) is 4.61. The highest BCUT2D eigenvalue weighted by atomic mass is 16.5. The monoisotopic (exact) mass is 288 g/mol. The molecule has 1 aliphatic heterocycles. The zero-order chi connectivity index (χ0) is 14.1. The maximum atomic E-state index is 6.14. The molecule has 3 aliphatic rings. The lowest BCUT2D eigenvalue weighted by atomic mass is 10.1. The van der Waals surface area contributed by atoms with Crippen molar-refractivity contribution in [3.63, 3.8) is 0 Å². The molecule has 4 nitrogen and oxygen atoms in total. The third-order valence-electron chi connectivity index (χ3n) is 5.03. The molecule has 21 heavy (non-hydrogen) atoms. The Morgan fingerprint density at radius 1 is 1.29 bits per heavy atom. The summed E-state index contributed by atoms with van der Waals surface area (Å²) in [5.74, 6) is 0.958. The highest BCUT2D eigenvalue weighted by Crippen LogP contribution is 2.36. The van der Waals surface area contributed by atoms with Gasteiger partial charge in [0.15, 0.2) is 0 Å². The summed E-state index contributed by atoms with van der Waals surface area (Å²) in [5.41, 5.74) is 1.14. The molecule has 0 N–H and O–H groups in total. The van der Waals surface area contributed by atoms with Crippen molar-refractivity contribution in [1.29, 1.82) is 0 Å². The Morgan fingerprint density at radius 3 is 3.05 bits per heavy atom. The van der Waals surface area contributed by atoms with Crippen molar-refractivity contribution in [3.8, 4) is 0 Å². The Balaban J connectivity index is 1.34. The first kappa shape index (κ1) is 13.7. The third kappa shape index (κ3) is 3.12. The Bertz CT molecular complexity index is 463. The van der Waals surface area contributed by atoms with Crippen LogP contribution in [0, 0.1) is 5.92 Å². The van der Waals surface area contributed by atoms with E-state index in [2.05, 4.69) is 16.0 Å². The first-order valence-corrected chi connectivity index (χ1v) is 8.26. The number of aromatic nitrogens is 1. The van der Waals surface area contributed by atoms with Crippen LogP contribution in [0.15, 0.2) is 24.5 Å². The number of nitrogens with zero attached hydrogens (tertiary/aromatic N) is 2. The van der Waals surface area contributed by atoms with Crippen LogP contribution in [0.3, 0.4) is 0 Å². The lowest BCUT2D eigenvalue weighted by Gasteiger charge is -2.39. The van der Waals surface area contributed by atoms with Gasteiger partial charge in [0.1, 0.15) is 0 Å². The first-order valence-electron chi connectivity index (χ1n) is 8.26. The van der Waals surface area contributed by atoms with E-state index < -0.39 is 0 Å². The van der Waals surface area contributed by atoms with E-state index in [1.54, 1.807) is 6.20 Å². The largest absolute Gasteiger partial charge is 0.373 e. The lowest BCUT2D eigenvalue weighted by Crippen LogP contribution is -2.52. The SMILES string of the molecule is c1cncc(CO[C@H]2CC[C@@H]3[C@@H]2OCCN3CC2CC2)c1. The molecule has 2 aliphatic carbocycles. The lowest BCUT2D eigenvalue weighted by molar-refractivity contribution is -0.117. The fraction of sp³-hybridized carbons (Fsp3) is 0.706. The van der Waals surface area contributed by atoms with Crippen LogP contribution in [-0.2, 0) is 16.1 Å². The van der Waals surface area contributed by atoms with E-state index >= 15 is 0 Å². The van der Waals surface area contributed by atoms with Gasteiger partial charge in [-0.1, -0.05) is 6.07 Å². The molecule has 1 aromatic heterocycles. The second-order valence-electron chi connectivity index (χ2n) is 6.63. The molecule has 3 atom stereocenters. The van der Waals surface area contributed by atoms with Crippen molar-refractivity contribution in [2.75, 3.05) is 19.7 Å². The van der Waals surface area contributed by atoms with Gasteiger partial charge in [-0.2, -0.15) is 0 Å². The zero-order valence-electron chi connectivity index (χ0n) is 12.5. The van der Waals surface area contributed by atoms with E-state index in [9.17, 15) is 0 Å². The van der Waals surface area contributed by atoms with E-state index in [0.29, 0.717) is 12.6 Å². The topological polar surface area (TPSA) is 34.6 Å². The first-order chi connectivity index (χ1) is 10.4. The Kier molecular flexibility index (Phi) is 3.93. The number of hydrogen-bond acceptors (Lipinski definition) is 4. The van der Waals surface area contributed by atoms with E-state index in [4.69, 9.17) is 9.47 Å². The van der Waals surface area contributed by atoms with Crippen LogP contribution in [0.4, 0.5) is 0 Å². The number of pyridine rings is 1. The molecule has 1 saturated heterocycles. The van der Waals surface area contributed by atoms with Gasteiger partial charge < -0.3 is 9.47 Å². The summed E-state index contributed by atoms with van der Waals surface area (Å²) < 4.78 is 12.2. The molecule has 0 unspecified atom stereocenters. The van der Waals surface area contributed by atoms with Crippen LogP contribution >= 0.6 is 0 Å². The van der Waals surface area contributed by atoms with Crippen LogP contribution in [0.1, 0.15) is 31.2 Å². The predicted molar refractivity (Wildman–Crippen MR) is 79.9 cm³/mol. The average molecular weight is 288 g/mol. The van der Waals surface area contributed by atoms with Crippen LogP contribution in [-0.4, -0.2) is 47.8 Å². The summed E-state index contributed by atoms with van der Waals surface area (Å²) >= 11 is 0. The third-order valence-corrected chi connectivity index (χ3v) is 5.03. The molecular weight excluding hydrogens is 264 g/mol. The van der Waals surface area contributed by atoms with Gasteiger partial charge in [-0.3, -0.25) is 9.88 Å². The van der Waals surface area contributed by atoms with Gasteiger partial charge >= 0.3 is 0 Å². The Morgan fingerprint density at radius 2 is 2.24 bits per heavy atom. The van der Waals surface area contributed by atoms with Crippen LogP contribution < -0.4 is 0 Å². The summed E-state index contributed by atoms with van der Waals surface area (Å²) in [7, 11) is 0. The Hall–Kier alpha value is -0.970. The summed E-state index contributed by atoms with van der Waals surface area (Å²) in [4.78, 5) is 6.81. The molecule has 4 heteroatoms. The standard InChI is InChI=1S/C17H24N2O2/c1-2-14(10-18-7-1)12-21-16-6-5-15-17(16)20-9-8-19(15)11-13-3-4-13/h1-2,7,10,13,15-17H,3-6,8-9,11-12H2/t15-,16+,17+/m1/s1. The fourth-order valence-electron chi connectivity index (χ4n) is 3.72. The van der Waals surface area contributed by atoms with Crippen molar-refractivity contribution < 1.29 is 9.47 Å². The van der Waals surface area contributed by atoms with Crippen LogP contribution in [0.5, 0.6) is 0 Å². The van der Waals surface area contributed by atoms with Crippen molar-refractivity contribution in [3.05, 3.63) is 30.1 Å². The molecule has 3 fully saturated rings. The average Bonchev–Trinajstić information content (AvgIpc) is 3.24. The smallest absolute Gasteiger partial charge is 0.0992 e. The number of ether oxygens (including phenoxy) is 2. The minimum Gasteiger partial charge on any atom is -0.373 e. The van der Waals surface area contributed by atoms with E-state index in [0.717, 1.165) is 31.1 Å². The maximum Gasteiger partial charge on any atom is 0.0992 e. The molecule has 2 heterocycles. The minimum atomic E-state index is 0.247. The van der Waals surface area contributed by atoms with Gasteiger partial charge in [0.05, 0.1) is 25.4 Å². The van der Waals surface area contributed by atoms with Gasteiger partial charge in [-0.25, -0.2) is 0 Å². The fourth-order valence-corrected chi connectivity index (χ4v) is 3.72. The normalized spacial score (nSPS) is 33.0. The van der Waals surface area contributed by atoms with Crippen LogP contribution in [0.25, 0.3) is 0 Å². The van der Waals surface area contributed by atoms with Gasteiger partial charge in [-0.05, 0) is 43.2 Å². The number of rotatable bonds is 5. The number of hydrogen-bond donors (Lipinski definition) is 0. The zero-order valence-corrected chi connectivity index (χ0v) is 12.5. The van der Waals surface area contributed by atoms with Gasteiger partial charge in [-0.15, -0.1) is 0 Å². The Labute approximate surface area is 126 Å². The van der Waals surface area contributed by atoms with Crippen molar-refractivity contribution >= 4 is 0 Å². The number of fused-ring (bicyclic) bond motifs is 1. The summed E-state index contributed by atoms with van der Waals surface area (Å²) in [6.45, 7) is 3.89. The van der Waals surface area contributed by atoms with Crippen molar-refractivity contribution in [2.24, 2.45) is 5.92 Å². The highest BCUT2D eigenvalue weighted by Gasteiger charge is 2.44. The van der Waals surface area contributed by atoms with E-state index in [-0.39, 0.29) is 12.2 Å². The molecule has 114 valence electrons. The van der Waals surface area contributed by atoms with Crippen molar-refractivity contribution in [1.82, 2.24) is 9.88 Å². The second-order valence-corrected chi connectivity index (χ2v) is 6.63. The highest BCUT2D eigenvalue weighted by molar-refractivity contribution is 5.07. The molecule has 0 bridgehead atoms. The van der Waals surface area contributed by atoms with Crippen LogP contribution in [0.2, 0.25) is 0 Å². The molecule has 1 aromatic rings. The summed E-state index contributed by atoms with van der Waals surface area (Å²) in [5, 5.41) is 0. The minimum absolute atomic E-state index is 0.247. The molecule has 0 amide bonds. The summed E-state index contributed by atoms with van der Waals surface area (Å²) in [6.07, 6.45) is 9.39. The number of morpholine rings is 1. The van der Waals surface area contributed by atoms with Gasteiger partial charge in [0, 0.05) is 31.5 Å². The molecule has 0 spiro atoms. The molecule has 2 saturated carbocycles. The second kappa shape index (κ2) is 6.03. The predicted octanol–water partition coefficient (Wildman–Crippen LogP) is 2.24. The van der Waals surface area contributed by atoms with E-state index in [1.807, 2.05) is 12.3 Å². The van der Waals surface area contributed by atoms with Crippen molar-refractivity contribution in [2.45, 2.75) is 50.5 Å².